The Bertz CT molecular complexity index is 781. The maximum Gasteiger partial charge on any atom is 0.310 e. The number of esters is 1. The minimum absolute atomic E-state index is 0.0641. The van der Waals surface area contributed by atoms with E-state index in [-0.39, 0.29) is 29.4 Å². The molecule has 1 fully saturated rings. The summed E-state index contributed by atoms with van der Waals surface area (Å²) in [6.45, 7) is 9.83. The van der Waals surface area contributed by atoms with Crippen molar-refractivity contribution < 1.29 is 9.53 Å². The number of rotatable bonds is 6. The number of nitrogens with zero attached hydrogens (tertiary/aromatic N) is 1. The second-order valence-corrected chi connectivity index (χ2v) is 9.41. The van der Waals surface area contributed by atoms with Crippen LogP contribution in [-0.2, 0) is 16.1 Å². The normalized spacial score (nSPS) is 23.2. The van der Waals surface area contributed by atoms with Crippen LogP contribution in [0.15, 0.2) is 60.7 Å². The third-order valence-electron chi connectivity index (χ3n) is 6.62. The molecular formula is C26H35NO2. The highest BCUT2D eigenvalue weighted by molar-refractivity contribution is 5.74. The standard InChI is InChI=1S/C26H35NO2/c1-19(21-14-10-7-11-15-21)27(18-20-12-8-6-9-13-20)23-17-16-22(26(2,3)4)24(23)25(28)29-5/h6-15,19,22-24H,16-18H2,1-5H3/t19-,22+,23+,24-/m1/s1. The van der Waals surface area contributed by atoms with Gasteiger partial charge in [0.15, 0.2) is 0 Å². The Labute approximate surface area is 176 Å². The first kappa shape index (κ1) is 21.6. The summed E-state index contributed by atoms with van der Waals surface area (Å²) in [7, 11) is 1.53. The van der Waals surface area contributed by atoms with E-state index >= 15 is 0 Å². The van der Waals surface area contributed by atoms with Crippen molar-refractivity contribution in [3.63, 3.8) is 0 Å². The molecule has 3 heteroatoms. The molecule has 0 aliphatic heterocycles. The summed E-state index contributed by atoms with van der Waals surface area (Å²) in [6.07, 6.45) is 2.08. The molecule has 0 spiro atoms. The van der Waals surface area contributed by atoms with E-state index in [1.807, 2.05) is 0 Å². The van der Waals surface area contributed by atoms with Gasteiger partial charge >= 0.3 is 5.97 Å². The number of carbonyl (C=O) groups excluding carboxylic acids is 1. The smallest absolute Gasteiger partial charge is 0.310 e. The van der Waals surface area contributed by atoms with E-state index in [4.69, 9.17) is 4.74 Å². The molecule has 2 aromatic carbocycles. The Morgan fingerprint density at radius 2 is 1.62 bits per heavy atom. The molecule has 0 heterocycles. The Kier molecular flexibility index (Phi) is 6.79. The number of carbonyl (C=O) groups is 1. The lowest BCUT2D eigenvalue weighted by atomic mass is 9.74. The minimum atomic E-state index is -0.102. The number of benzene rings is 2. The van der Waals surface area contributed by atoms with E-state index in [9.17, 15) is 4.79 Å². The van der Waals surface area contributed by atoms with Gasteiger partial charge < -0.3 is 4.74 Å². The van der Waals surface area contributed by atoms with Crippen LogP contribution in [0.4, 0.5) is 0 Å². The SMILES string of the molecule is COC(=O)[C@H]1[C@@H](N(Cc2ccccc2)[C@H](C)c2ccccc2)CC[C@@H]1C(C)(C)C. The van der Waals surface area contributed by atoms with Crippen molar-refractivity contribution in [3.05, 3.63) is 71.8 Å². The molecule has 0 radical (unpaired) electrons. The summed E-state index contributed by atoms with van der Waals surface area (Å²) in [6, 6.07) is 21.6. The van der Waals surface area contributed by atoms with Crippen molar-refractivity contribution in [1.29, 1.82) is 0 Å². The summed E-state index contributed by atoms with van der Waals surface area (Å²) >= 11 is 0. The van der Waals surface area contributed by atoms with Crippen LogP contribution in [0, 0.1) is 17.3 Å². The Morgan fingerprint density at radius 3 is 2.17 bits per heavy atom. The van der Waals surface area contributed by atoms with Gasteiger partial charge in [-0.05, 0) is 42.2 Å². The van der Waals surface area contributed by atoms with Crippen LogP contribution in [0.3, 0.4) is 0 Å². The van der Waals surface area contributed by atoms with E-state index in [0.717, 1.165) is 19.4 Å². The monoisotopic (exact) mass is 393 g/mol. The molecular weight excluding hydrogens is 358 g/mol. The fourth-order valence-corrected chi connectivity index (χ4v) is 5.04. The van der Waals surface area contributed by atoms with Crippen molar-refractivity contribution in [2.24, 2.45) is 17.3 Å². The van der Waals surface area contributed by atoms with Crippen LogP contribution >= 0.6 is 0 Å². The van der Waals surface area contributed by atoms with Crippen molar-refractivity contribution in [3.8, 4) is 0 Å². The number of hydrogen-bond acceptors (Lipinski definition) is 3. The third-order valence-corrected chi connectivity index (χ3v) is 6.62. The molecule has 0 bridgehead atoms. The number of hydrogen-bond donors (Lipinski definition) is 0. The number of methoxy groups -OCH3 is 1. The molecule has 1 saturated carbocycles. The van der Waals surface area contributed by atoms with Gasteiger partial charge in [-0.3, -0.25) is 9.69 Å². The summed E-state index contributed by atoms with van der Waals surface area (Å²) in [4.78, 5) is 15.5. The first-order valence-electron chi connectivity index (χ1n) is 10.8. The Hall–Kier alpha value is -2.13. The summed E-state index contributed by atoms with van der Waals surface area (Å²) in [5, 5.41) is 0. The predicted molar refractivity (Wildman–Crippen MR) is 118 cm³/mol. The maximum absolute atomic E-state index is 12.9. The summed E-state index contributed by atoms with van der Waals surface area (Å²) < 4.78 is 5.31. The average Bonchev–Trinajstić information content (AvgIpc) is 3.18. The molecule has 2 aromatic rings. The first-order valence-corrected chi connectivity index (χ1v) is 10.8. The van der Waals surface area contributed by atoms with E-state index in [1.165, 1.54) is 18.2 Å². The molecule has 0 amide bonds. The highest BCUT2D eigenvalue weighted by Crippen LogP contribution is 2.47. The largest absolute Gasteiger partial charge is 0.469 e. The fourth-order valence-electron chi connectivity index (χ4n) is 5.04. The second kappa shape index (κ2) is 9.13. The molecule has 156 valence electrons. The maximum atomic E-state index is 12.9. The zero-order valence-electron chi connectivity index (χ0n) is 18.5. The van der Waals surface area contributed by atoms with Crippen LogP contribution in [0.2, 0.25) is 0 Å². The molecule has 0 N–H and O–H groups in total. The van der Waals surface area contributed by atoms with Gasteiger partial charge in [-0.25, -0.2) is 0 Å². The van der Waals surface area contributed by atoms with Crippen LogP contribution < -0.4 is 0 Å². The van der Waals surface area contributed by atoms with Gasteiger partial charge in [0.1, 0.15) is 0 Å². The topological polar surface area (TPSA) is 29.5 Å². The van der Waals surface area contributed by atoms with Gasteiger partial charge in [0, 0.05) is 18.6 Å². The average molecular weight is 394 g/mol. The van der Waals surface area contributed by atoms with Gasteiger partial charge in [0.2, 0.25) is 0 Å². The summed E-state index contributed by atoms with van der Waals surface area (Å²) in [5.74, 6) is 0.154. The lowest BCUT2D eigenvalue weighted by Crippen LogP contribution is -2.45. The van der Waals surface area contributed by atoms with E-state index in [0.29, 0.717) is 5.92 Å². The van der Waals surface area contributed by atoms with Gasteiger partial charge in [-0.15, -0.1) is 0 Å². The van der Waals surface area contributed by atoms with Gasteiger partial charge in [0.05, 0.1) is 13.0 Å². The molecule has 0 unspecified atom stereocenters. The van der Waals surface area contributed by atoms with E-state index in [1.54, 1.807) is 0 Å². The quantitative estimate of drug-likeness (QED) is 0.575. The predicted octanol–water partition coefficient (Wildman–Crippen LogP) is 5.86. The Morgan fingerprint density at radius 1 is 1.03 bits per heavy atom. The van der Waals surface area contributed by atoms with Crippen LogP contribution in [-0.4, -0.2) is 24.0 Å². The van der Waals surface area contributed by atoms with Crippen molar-refractivity contribution in [1.82, 2.24) is 4.90 Å². The van der Waals surface area contributed by atoms with Crippen molar-refractivity contribution >= 4 is 5.97 Å². The zero-order chi connectivity index (χ0) is 21.0. The highest BCUT2D eigenvalue weighted by Gasteiger charge is 2.49. The lowest BCUT2D eigenvalue weighted by molar-refractivity contribution is -0.151. The van der Waals surface area contributed by atoms with Crippen molar-refractivity contribution in [2.75, 3.05) is 7.11 Å². The molecule has 4 atom stereocenters. The van der Waals surface area contributed by atoms with Gasteiger partial charge in [0.25, 0.3) is 0 Å². The van der Waals surface area contributed by atoms with Crippen LogP contribution in [0.25, 0.3) is 0 Å². The fraction of sp³-hybridized carbons (Fsp3) is 0.500. The highest BCUT2D eigenvalue weighted by atomic mass is 16.5. The minimum Gasteiger partial charge on any atom is -0.469 e. The van der Waals surface area contributed by atoms with Crippen LogP contribution in [0.5, 0.6) is 0 Å². The van der Waals surface area contributed by atoms with E-state index < -0.39 is 0 Å². The molecule has 1 aliphatic rings. The van der Waals surface area contributed by atoms with Gasteiger partial charge in [-0.1, -0.05) is 81.4 Å². The molecule has 3 rings (SSSR count). The van der Waals surface area contributed by atoms with Gasteiger partial charge in [-0.2, -0.15) is 0 Å². The first-order chi connectivity index (χ1) is 13.8. The lowest BCUT2D eigenvalue weighted by Gasteiger charge is -2.40. The molecule has 3 nitrogen and oxygen atoms in total. The molecule has 29 heavy (non-hydrogen) atoms. The van der Waals surface area contributed by atoms with Crippen LogP contribution in [0.1, 0.15) is 57.7 Å². The molecule has 1 aliphatic carbocycles. The summed E-state index contributed by atoms with van der Waals surface area (Å²) in [5.41, 5.74) is 2.63. The number of ether oxygens (including phenoxy) is 1. The van der Waals surface area contributed by atoms with Crippen molar-refractivity contribution in [2.45, 2.75) is 59.2 Å². The molecule has 0 saturated heterocycles. The Balaban J connectivity index is 1.98. The second-order valence-electron chi connectivity index (χ2n) is 9.41. The van der Waals surface area contributed by atoms with E-state index in [2.05, 4.69) is 93.3 Å². The zero-order valence-corrected chi connectivity index (χ0v) is 18.5. The molecule has 0 aromatic heterocycles. The third kappa shape index (κ3) is 4.90.